The second-order valence-corrected chi connectivity index (χ2v) is 6.51. The molecule has 1 aliphatic rings. The van der Waals surface area contributed by atoms with Gasteiger partial charge in [-0.1, -0.05) is 31.6 Å². The van der Waals surface area contributed by atoms with Crippen LogP contribution in [0.3, 0.4) is 0 Å². The highest BCUT2D eigenvalue weighted by Crippen LogP contribution is 2.29. The molecule has 0 aromatic carbocycles. The van der Waals surface area contributed by atoms with E-state index in [1.54, 1.807) is 0 Å². The molecule has 2 atom stereocenters. The van der Waals surface area contributed by atoms with Crippen LogP contribution in [0.4, 0.5) is 0 Å². The van der Waals surface area contributed by atoms with Crippen LogP contribution >= 0.6 is 11.3 Å². The Morgan fingerprint density at radius 2 is 2.21 bits per heavy atom. The fourth-order valence-corrected chi connectivity index (χ4v) is 3.91. The highest BCUT2D eigenvalue weighted by molar-refractivity contribution is 7.10. The Morgan fingerprint density at radius 1 is 1.42 bits per heavy atom. The lowest BCUT2D eigenvalue weighted by Crippen LogP contribution is -2.38. The Bertz CT molecular complexity index is 455. The lowest BCUT2D eigenvalue weighted by molar-refractivity contribution is 0.134. The highest BCUT2D eigenvalue weighted by atomic mass is 32.1. The van der Waals surface area contributed by atoms with Gasteiger partial charge < -0.3 is 5.73 Å². The lowest BCUT2D eigenvalue weighted by atomic mass is 9.85. The molecule has 2 rings (SSSR count). The first-order chi connectivity index (χ1) is 9.22. The molecule has 1 fully saturated rings. The maximum Gasteiger partial charge on any atom is 0.0555 e. The Morgan fingerprint density at radius 3 is 2.95 bits per heavy atom. The first-order valence-corrected chi connectivity index (χ1v) is 8.06. The van der Waals surface area contributed by atoms with Gasteiger partial charge in [-0.3, -0.25) is 4.90 Å². The average molecular weight is 276 g/mol. The van der Waals surface area contributed by atoms with E-state index >= 15 is 0 Å². The van der Waals surface area contributed by atoms with E-state index in [1.807, 2.05) is 11.3 Å². The molecule has 1 saturated carbocycles. The SMILES string of the molecule is CC1CCCCC1N(C)Cc1sccc1C#CCN. The van der Waals surface area contributed by atoms with Crippen molar-refractivity contribution in [2.24, 2.45) is 11.7 Å². The van der Waals surface area contributed by atoms with Crippen molar-refractivity contribution in [3.63, 3.8) is 0 Å². The van der Waals surface area contributed by atoms with Gasteiger partial charge in [0, 0.05) is 23.0 Å². The zero-order valence-electron chi connectivity index (χ0n) is 12.0. The van der Waals surface area contributed by atoms with Crippen LogP contribution in [0.15, 0.2) is 11.4 Å². The van der Waals surface area contributed by atoms with Crippen molar-refractivity contribution < 1.29 is 0 Å². The van der Waals surface area contributed by atoms with E-state index in [0.29, 0.717) is 6.54 Å². The summed E-state index contributed by atoms with van der Waals surface area (Å²) in [5.74, 6) is 6.96. The number of rotatable bonds is 3. The molecule has 0 radical (unpaired) electrons. The van der Waals surface area contributed by atoms with E-state index in [2.05, 4.69) is 42.2 Å². The molecule has 3 heteroatoms. The van der Waals surface area contributed by atoms with E-state index in [9.17, 15) is 0 Å². The summed E-state index contributed by atoms with van der Waals surface area (Å²) in [6.45, 7) is 3.84. The molecular formula is C16H24N2S. The van der Waals surface area contributed by atoms with Crippen LogP contribution in [-0.2, 0) is 6.54 Å². The van der Waals surface area contributed by atoms with Crippen LogP contribution < -0.4 is 5.73 Å². The predicted octanol–water partition coefficient (Wildman–Crippen LogP) is 3.07. The summed E-state index contributed by atoms with van der Waals surface area (Å²) < 4.78 is 0. The summed E-state index contributed by atoms with van der Waals surface area (Å²) in [5.41, 5.74) is 6.61. The minimum absolute atomic E-state index is 0.435. The number of thiophene rings is 1. The first kappa shape index (κ1) is 14.6. The third-order valence-electron chi connectivity index (χ3n) is 4.10. The van der Waals surface area contributed by atoms with Gasteiger partial charge in [0.15, 0.2) is 0 Å². The number of nitrogens with zero attached hydrogens (tertiary/aromatic N) is 1. The Labute approximate surface area is 121 Å². The zero-order chi connectivity index (χ0) is 13.7. The fourth-order valence-electron chi connectivity index (χ4n) is 3.02. The molecule has 0 saturated heterocycles. The van der Waals surface area contributed by atoms with Crippen molar-refractivity contribution in [2.45, 2.75) is 45.2 Å². The van der Waals surface area contributed by atoms with Crippen LogP contribution in [0, 0.1) is 17.8 Å². The van der Waals surface area contributed by atoms with Crippen LogP contribution in [-0.4, -0.2) is 24.5 Å². The molecule has 0 amide bonds. The lowest BCUT2D eigenvalue weighted by Gasteiger charge is -2.36. The van der Waals surface area contributed by atoms with E-state index in [0.717, 1.165) is 24.1 Å². The molecule has 104 valence electrons. The maximum absolute atomic E-state index is 5.45. The maximum atomic E-state index is 5.45. The van der Waals surface area contributed by atoms with Crippen molar-refractivity contribution in [3.05, 3.63) is 21.9 Å². The smallest absolute Gasteiger partial charge is 0.0555 e. The largest absolute Gasteiger partial charge is 0.320 e. The topological polar surface area (TPSA) is 29.3 Å². The molecule has 1 heterocycles. The molecular weight excluding hydrogens is 252 g/mol. The van der Waals surface area contributed by atoms with Gasteiger partial charge >= 0.3 is 0 Å². The fraction of sp³-hybridized carbons (Fsp3) is 0.625. The molecule has 1 aromatic heterocycles. The predicted molar refractivity (Wildman–Crippen MR) is 83.1 cm³/mol. The van der Waals surface area contributed by atoms with E-state index < -0.39 is 0 Å². The van der Waals surface area contributed by atoms with Gasteiger partial charge in [0.05, 0.1) is 6.54 Å². The molecule has 0 spiro atoms. The van der Waals surface area contributed by atoms with Gasteiger partial charge in [0.25, 0.3) is 0 Å². The van der Waals surface area contributed by atoms with Crippen molar-refractivity contribution in [3.8, 4) is 11.8 Å². The molecule has 2 nitrogen and oxygen atoms in total. The van der Waals surface area contributed by atoms with E-state index in [1.165, 1.54) is 30.6 Å². The normalized spacial score (nSPS) is 23.2. The molecule has 0 aliphatic heterocycles. The molecule has 2 N–H and O–H groups in total. The summed E-state index contributed by atoms with van der Waals surface area (Å²) in [4.78, 5) is 3.89. The van der Waals surface area contributed by atoms with Crippen molar-refractivity contribution in [1.29, 1.82) is 0 Å². The first-order valence-electron chi connectivity index (χ1n) is 7.18. The highest BCUT2D eigenvalue weighted by Gasteiger charge is 2.25. The summed E-state index contributed by atoms with van der Waals surface area (Å²) in [5, 5.41) is 2.13. The van der Waals surface area contributed by atoms with E-state index in [4.69, 9.17) is 5.73 Å². The monoisotopic (exact) mass is 276 g/mol. The number of hydrogen-bond donors (Lipinski definition) is 1. The Hall–Kier alpha value is -0.820. The van der Waals surface area contributed by atoms with Crippen LogP contribution in [0.5, 0.6) is 0 Å². The quantitative estimate of drug-likeness (QED) is 0.860. The van der Waals surface area contributed by atoms with E-state index in [-0.39, 0.29) is 0 Å². The number of hydrogen-bond acceptors (Lipinski definition) is 3. The van der Waals surface area contributed by atoms with Gasteiger partial charge in [-0.05, 0) is 37.3 Å². The summed E-state index contributed by atoms with van der Waals surface area (Å²) in [7, 11) is 2.26. The second kappa shape index (κ2) is 7.09. The summed E-state index contributed by atoms with van der Waals surface area (Å²) in [6, 6.07) is 2.84. The Kier molecular flexibility index (Phi) is 5.45. The van der Waals surface area contributed by atoms with Crippen molar-refractivity contribution >= 4 is 11.3 Å². The molecule has 2 unspecified atom stereocenters. The zero-order valence-corrected chi connectivity index (χ0v) is 12.8. The third-order valence-corrected chi connectivity index (χ3v) is 5.00. The van der Waals surface area contributed by atoms with Crippen LogP contribution in [0.25, 0.3) is 0 Å². The molecule has 19 heavy (non-hydrogen) atoms. The van der Waals surface area contributed by atoms with Crippen LogP contribution in [0.2, 0.25) is 0 Å². The number of nitrogens with two attached hydrogens (primary N) is 1. The van der Waals surface area contributed by atoms with Crippen molar-refractivity contribution in [2.75, 3.05) is 13.6 Å². The van der Waals surface area contributed by atoms with Gasteiger partial charge in [-0.25, -0.2) is 0 Å². The molecule has 1 aliphatic carbocycles. The van der Waals surface area contributed by atoms with Gasteiger partial charge in [-0.2, -0.15) is 0 Å². The van der Waals surface area contributed by atoms with Gasteiger partial charge in [0.2, 0.25) is 0 Å². The molecule has 1 aromatic rings. The third kappa shape index (κ3) is 3.82. The van der Waals surface area contributed by atoms with Crippen molar-refractivity contribution in [1.82, 2.24) is 4.90 Å². The average Bonchev–Trinajstić information content (AvgIpc) is 2.84. The second-order valence-electron chi connectivity index (χ2n) is 5.51. The minimum atomic E-state index is 0.435. The van der Waals surface area contributed by atoms with Crippen LogP contribution in [0.1, 0.15) is 43.0 Å². The summed E-state index contributed by atoms with van der Waals surface area (Å²) in [6.07, 6.45) is 5.49. The minimum Gasteiger partial charge on any atom is -0.320 e. The van der Waals surface area contributed by atoms with Gasteiger partial charge in [-0.15, -0.1) is 11.3 Å². The summed E-state index contributed by atoms with van der Waals surface area (Å²) >= 11 is 1.81. The standard InChI is InChI=1S/C16H24N2S/c1-13-6-3-4-8-15(13)18(2)12-16-14(7-5-10-17)9-11-19-16/h9,11,13,15H,3-4,6,8,10,12,17H2,1-2H3. The molecule has 0 bridgehead atoms. The van der Waals surface area contributed by atoms with Gasteiger partial charge in [0.1, 0.15) is 0 Å². The Balaban J connectivity index is 2.02.